The van der Waals surface area contributed by atoms with Gasteiger partial charge in [-0.2, -0.15) is 5.75 Å². The van der Waals surface area contributed by atoms with Gasteiger partial charge in [-0.05, 0) is 37.2 Å². The second-order valence-electron chi connectivity index (χ2n) is 7.29. The SMILES string of the molecule is Cc1cc2nc(-c3ccc(N(C)C)cc3)cn2cc1N(CC[S-])CC[N-]C(=O)C[S-].[O]=[Tc+4]. The molecular formula is C22H26N5O2S2Tc+. The van der Waals surface area contributed by atoms with E-state index < -0.39 is 0 Å². The summed E-state index contributed by atoms with van der Waals surface area (Å²) < 4.78 is 10.3. The van der Waals surface area contributed by atoms with Crippen LogP contribution in [0.2, 0.25) is 0 Å². The molecule has 3 rings (SSSR count). The van der Waals surface area contributed by atoms with E-state index in [1.54, 1.807) is 0 Å². The Bertz CT molecular complexity index is 1030. The van der Waals surface area contributed by atoms with E-state index in [1.807, 2.05) is 24.7 Å². The van der Waals surface area contributed by atoms with E-state index in [4.69, 9.17) is 33.7 Å². The summed E-state index contributed by atoms with van der Waals surface area (Å²) in [4.78, 5) is 20.4. The first-order valence-electron chi connectivity index (χ1n) is 9.97. The zero-order valence-corrected chi connectivity index (χ0v) is 21.8. The quantitative estimate of drug-likeness (QED) is 0.377. The van der Waals surface area contributed by atoms with Gasteiger partial charge in [0.25, 0.3) is 0 Å². The molecule has 0 spiro atoms. The van der Waals surface area contributed by atoms with Crippen LogP contribution in [0.5, 0.6) is 0 Å². The van der Waals surface area contributed by atoms with E-state index in [-0.39, 0.29) is 11.7 Å². The van der Waals surface area contributed by atoms with Crippen molar-refractivity contribution in [1.29, 1.82) is 0 Å². The molecule has 32 heavy (non-hydrogen) atoms. The number of carbonyl (C=O) groups is 1. The molecule has 0 radical (unpaired) electrons. The summed E-state index contributed by atoms with van der Waals surface area (Å²) in [6, 6.07) is 10.4. The summed E-state index contributed by atoms with van der Waals surface area (Å²) in [5.74, 6) is 0.384. The van der Waals surface area contributed by atoms with Gasteiger partial charge in [0.05, 0.1) is 11.4 Å². The van der Waals surface area contributed by atoms with Crippen LogP contribution in [0.25, 0.3) is 22.2 Å². The molecule has 0 saturated carbocycles. The number of aryl methyl sites for hydroxylation is 1. The number of anilines is 2. The number of benzene rings is 1. The van der Waals surface area contributed by atoms with E-state index in [1.165, 1.54) is 0 Å². The molecule has 169 valence electrons. The van der Waals surface area contributed by atoms with Crippen molar-refractivity contribution < 1.29 is 27.2 Å². The molecule has 1 aromatic carbocycles. The first kappa shape index (κ1) is 26.4. The number of hydrogen-bond donors (Lipinski definition) is 0. The standard InChI is InChI=1S/C22H29N5OS2.O.Tc/c1-16-12-21-24-19(17-4-6-18(7-5-17)25(2)3)13-27(21)14-20(16)26(10-11-29)9-8-23-22(28)15-30;;/h4-7,12-14H,8-11,15H2,1-3H3,(H3,23,28,29,30);;/q;;+4/p-3. The first-order chi connectivity index (χ1) is 15.4. The van der Waals surface area contributed by atoms with Gasteiger partial charge in [0.15, 0.2) is 0 Å². The first-order valence-corrected chi connectivity index (χ1v) is 11.9. The second kappa shape index (κ2) is 13.0. The van der Waals surface area contributed by atoms with Gasteiger partial charge < -0.3 is 49.6 Å². The second-order valence-corrected chi connectivity index (χ2v) is 7.98. The predicted octanol–water partition coefficient (Wildman–Crippen LogP) is 3.05. The van der Waals surface area contributed by atoms with Crippen LogP contribution < -0.4 is 9.80 Å². The fourth-order valence-electron chi connectivity index (χ4n) is 3.32. The third kappa shape index (κ3) is 6.81. The molecule has 0 fully saturated rings. The number of imidazole rings is 1. The van der Waals surface area contributed by atoms with Crippen LogP contribution in [-0.2, 0) is 52.4 Å². The van der Waals surface area contributed by atoms with Crippen molar-refractivity contribution in [3.63, 3.8) is 0 Å². The zero-order chi connectivity index (χ0) is 23.7. The van der Waals surface area contributed by atoms with Crippen LogP contribution in [0.15, 0.2) is 42.7 Å². The maximum atomic E-state index is 11.4. The number of fused-ring (bicyclic) bond motifs is 1. The van der Waals surface area contributed by atoms with Crippen molar-refractivity contribution in [2.24, 2.45) is 0 Å². The van der Waals surface area contributed by atoms with Crippen LogP contribution in [0, 0.1) is 6.92 Å². The molecule has 7 nitrogen and oxygen atoms in total. The van der Waals surface area contributed by atoms with Crippen molar-refractivity contribution in [3.05, 3.63) is 53.6 Å². The average Bonchev–Trinajstić information content (AvgIpc) is 3.22. The molecule has 3 aromatic rings. The van der Waals surface area contributed by atoms with Crippen LogP contribution >= 0.6 is 0 Å². The van der Waals surface area contributed by atoms with Crippen LogP contribution in [0.3, 0.4) is 0 Å². The van der Waals surface area contributed by atoms with Gasteiger partial charge in [0.2, 0.25) is 0 Å². The normalized spacial score (nSPS) is 10.5. The van der Waals surface area contributed by atoms with E-state index in [0.717, 1.165) is 52.7 Å². The maximum absolute atomic E-state index is 11.4. The Morgan fingerprint density at radius 1 is 1.12 bits per heavy atom. The molecule has 0 aliphatic heterocycles. The van der Waals surface area contributed by atoms with Gasteiger partial charge in [-0.25, -0.2) is 4.98 Å². The molecule has 0 aliphatic carbocycles. The zero-order valence-electron chi connectivity index (χ0n) is 18.3. The molecular weight excluding hydrogens is 528 g/mol. The van der Waals surface area contributed by atoms with Crippen molar-refractivity contribution in [1.82, 2.24) is 9.38 Å². The Kier molecular flexibility index (Phi) is 10.7. The molecule has 10 heteroatoms. The fraction of sp³-hybridized carbons (Fsp3) is 0.364. The number of pyridine rings is 1. The molecule has 0 unspecified atom stereocenters. The summed E-state index contributed by atoms with van der Waals surface area (Å²) in [5.41, 5.74) is 6.23. The third-order valence-electron chi connectivity index (χ3n) is 4.93. The Hall–Kier alpha value is -1.87. The predicted molar refractivity (Wildman–Crippen MR) is 130 cm³/mol. The molecule has 0 saturated heterocycles. The number of carbonyl (C=O) groups excluding carboxylic acids is 1. The van der Waals surface area contributed by atoms with E-state index in [2.05, 4.69) is 58.6 Å². The van der Waals surface area contributed by atoms with Gasteiger partial charge in [0, 0.05) is 50.2 Å². The van der Waals surface area contributed by atoms with Crippen molar-refractivity contribution in [2.45, 2.75) is 6.92 Å². The number of nitrogens with zero attached hydrogens (tertiary/aromatic N) is 5. The van der Waals surface area contributed by atoms with Crippen LogP contribution in [0.4, 0.5) is 11.4 Å². The summed E-state index contributed by atoms with van der Waals surface area (Å²) in [6.45, 7) is 3.82. The number of amides is 1. The van der Waals surface area contributed by atoms with Gasteiger partial charge in [-0.1, -0.05) is 12.1 Å². The Labute approximate surface area is 210 Å². The van der Waals surface area contributed by atoms with Crippen molar-refractivity contribution >= 4 is 48.2 Å². The van der Waals surface area contributed by atoms with Gasteiger partial charge in [-0.3, -0.25) is 0 Å². The fourth-order valence-corrected chi connectivity index (χ4v) is 3.64. The molecule has 0 atom stereocenters. The Balaban J connectivity index is 0.00000176. The summed E-state index contributed by atoms with van der Waals surface area (Å²) in [7, 11) is 4.05. The average molecular weight is 555 g/mol. The summed E-state index contributed by atoms with van der Waals surface area (Å²) in [5, 5.41) is 4.00. The van der Waals surface area contributed by atoms with Crippen LogP contribution in [0.1, 0.15) is 5.56 Å². The van der Waals surface area contributed by atoms with Gasteiger partial charge in [-0.15, -0.1) is 12.3 Å². The number of aromatic nitrogens is 2. The minimum absolute atomic E-state index is 0.0271. The van der Waals surface area contributed by atoms with Crippen molar-refractivity contribution in [2.75, 3.05) is 55.0 Å². The molecule has 2 aromatic heterocycles. The topological polar surface area (TPSA) is 72.0 Å². The number of hydrogen-bond acceptors (Lipinski definition) is 7. The molecule has 0 N–H and O–H groups in total. The molecule has 0 bridgehead atoms. The molecule has 1 amide bonds. The third-order valence-corrected chi connectivity index (χ3v) is 5.36. The van der Waals surface area contributed by atoms with Gasteiger partial charge in [0.1, 0.15) is 5.65 Å². The van der Waals surface area contributed by atoms with Crippen LogP contribution in [-0.4, -0.2) is 60.5 Å². The Morgan fingerprint density at radius 3 is 2.41 bits per heavy atom. The molecule has 2 heterocycles. The minimum atomic E-state index is -0.241. The summed E-state index contributed by atoms with van der Waals surface area (Å²) >= 11 is 10.9. The Morgan fingerprint density at radius 2 is 1.81 bits per heavy atom. The van der Waals surface area contributed by atoms with E-state index in [0.29, 0.717) is 25.4 Å². The van der Waals surface area contributed by atoms with E-state index in [9.17, 15) is 4.79 Å². The van der Waals surface area contributed by atoms with Crippen molar-refractivity contribution in [3.8, 4) is 11.3 Å². The van der Waals surface area contributed by atoms with E-state index >= 15 is 0 Å². The molecule has 0 aliphatic rings. The number of rotatable bonds is 9. The van der Waals surface area contributed by atoms with Gasteiger partial charge >= 0.3 is 22.4 Å². The monoisotopic (exact) mass is 553 g/mol. The summed E-state index contributed by atoms with van der Waals surface area (Å²) in [6.07, 6.45) is 4.12.